The molecule has 2 aliphatic rings. The number of carbonyl (C=O) groups excluding carboxylic acids is 1. The summed E-state index contributed by atoms with van der Waals surface area (Å²) in [5.41, 5.74) is 0.157. The molecule has 0 radical (unpaired) electrons. The van der Waals surface area contributed by atoms with E-state index in [1.165, 1.54) is 12.1 Å². The maximum Gasteiger partial charge on any atom is 0.400 e. The Morgan fingerprint density at radius 2 is 1.83 bits per heavy atom. The highest BCUT2D eigenvalue weighted by Gasteiger charge is 2.58. The Morgan fingerprint density at radius 3 is 2.43 bits per heavy atom. The van der Waals surface area contributed by atoms with E-state index < -0.39 is 46.1 Å². The number of aryl methyl sites for hydroxylation is 1. The number of alkyl halides is 3. The summed E-state index contributed by atoms with van der Waals surface area (Å²) in [6.45, 7) is -0.513. The molecule has 0 saturated heterocycles. The Hall–Kier alpha value is -1.81. The summed E-state index contributed by atoms with van der Waals surface area (Å²) in [5.74, 6) is -1.20. The number of sulfone groups is 1. The molecule has 1 aliphatic heterocycles. The van der Waals surface area contributed by atoms with Gasteiger partial charge in [0.1, 0.15) is 11.2 Å². The molecule has 0 spiro atoms. The molecule has 1 heterocycles. The fourth-order valence-corrected chi connectivity index (χ4v) is 5.78. The van der Waals surface area contributed by atoms with Crippen molar-refractivity contribution in [2.24, 2.45) is 4.99 Å². The van der Waals surface area contributed by atoms with Gasteiger partial charge in [0.25, 0.3) is 0 Å². The first-order valence-corrected chi connectivity index (χ1v) is 13.7. The summed E-state index contributed by atoms with van der Waals surface area (Å²) in [5, 5.41) is 2.58. The quantitative estimate of drug-likeness (QED) is 0.486. The Kier molecular flexibility index (Phi) is 6.94. The summed E-state index contributed by atoms with van der Waals surface area (Å²) in [6.07, 6.45) is -2.87. The predicted molar refractivity (Wildman–Crippen MR) is 131 cm³/mol. The van der Waals surface area contributed by atoms with Gasteiger partial charge >= 0.3 is 6.18 Å². The minimum absolute atomic E-state index is 0.00894. The molecule has 1 amide bonds. The van der Waals surface area contributed by atoms with Gasteiger partial charge in [-0.05, 0) is 53.3 Å². The van der Waals surface area contributed by atoms with Gasteiger partial charge in [-0.25, -0.2) is 8.42 Å². The molecule has 0 bridgehead atoms. The van der Waals surface area contributed by atoms with Gasteiger partial charge in [0, 0.05) is 18.4 Å². The van der Waals surface area contributed by atoms with E-state index in [1.54, 1.807) is 18.2 Å². The number of rotatable bonds is 5. The van der Waals surface area contributed by atoms with Crippen LogP contribution in [0.2, 0.25) is 15.1 Å². The standard InChI is InChI=1S/C23H20Cl3F3N2O3S/c1-35(33,34)10-20(32)31-18-5-3-12-6-13(2-4-15(12)18)19-9-22(11-30-19,23(27,28)29)14-7-16(24)21(26)17(25)8-14/h2,4,6-8,18H,3,5,9-11H2,1H3,(H,31,32). The molecule has 12 heteroatoms. The van der Waals surface area contributed by atoms with Crippen molar-refractivity contribution in [1.82, 2.24) is 5.32 Å². The maximum absolute atomic E-state index is 14.4. The number of aliphatic imine (C=N–C) groups is 1. The molecule has 2 atom stereocenters. The van der Waals surface area contributed by atoms with Gasteiger partial charge in [-0.1, -0.05) is 46.9 Å². The van der Waals surface area contributed by atoms with E-state index in [0.717, 1.165) is 17.4 Å². The van der Waals surface area contributed by atoms with Crippen LogP contribution in [0.4, 0.5) is 13.2 Å². The normalized spacial score (nSPS) is 22.1. The SMILES string of the molecule is CS(=O)(=O)CC(=O)NC1CCc2cc(C3=NCC(c4cc(Cl)c(Cl)c(Cl)c4)(C(F)(F)F)C3)ccc21. The molecule has 4 rings (SSSR count). The van der Waals surface area contributed by atoms with Gasteiger partial charge in [0.15, 0.2) is 9.84 Å². The van der Waals surface area contributed by atoms with Crippen LogP contribution in [0.3, 0.4) is 0 Å². The van der Waals surface area contributed by atoms with E-state index in [9.17, 15) is 26.4 Å². The number of amides is 1. The lowest BCUT2D eigenvalue weighted by Crippen LogP contribution is -2.43. The van der Waals surface area contributed by atoms with Crippen molar-refractivity contribution in [3.63, 3.8) is 0 Å². The van der Waals surface area contributed by atoms with Gasteiger partial charge in [-0.3, -0.25) is 9.79 Å². The molecule has 2 aromatic carbocycles. The number of hydrogen-bond donors (Lipinski definition) is 1. The third-order valence-corrected chi connectivity index (χ3v) is 8.35. The topological polar surface area (TPSA) is 75.6 Å². The van der Waals surface area contributed by atoms with Crippen LogP contribution in [-0.2, 0) is 26.5 Å². The van der Waals surface area contributed by atoms with Crippen LogP contribution in [0.25, 0.3) is 0 Å². The maximum atomic E-state index is 14.4. The fraction of sp³-hybridized carbons (Fsp3) is 0.391. The number of carbonyl (C=O) groups is 1. The highest BCUT2D eigenvalue weighted by Crippen LogP contribution is 2.50. The number of halogens is 6. The molecule has 5 nitrogen and oxygen atoms in total. The Morgan fingerprint density at radius 1 is 1.17 bits per heavy atom. The van der Waals surface area contributed by atoms with Gasteiger partial charge in [-0.2, -0.15) is 13.2 Å². The predicted octanol–water partition coefficient (Wildman–Crippen LogP) is 5.49. The van der Waals surface area contributed by atoms with E-state index in [1.807, 2.05) is 0 Å². The zero-order valence-corrected chi connectivity index (χ0v) is 21.4. The number of nitrogens with zero attached hydrogens (tertiary/aromatic N) is 1. The van der Waals surface area contributed by atoms with E-state index in [-0.39, 0.29) is 26.7 Å². The molecule has 1 N–H and O–H groups in total. The molecule has 0 fully saturated rings. The third kappa shape index (κ3) is 5.19. The third-order valence-electron chi connectivity index (χ3n) is 6.37. The van der Waals surface area contributed by atoms with E-state index >= 15 is 0 Å². The number of benzene rings is 2. The summed E-state index contributed by atoms with van der Waals surface area (Å²) >= 11 is 18.0. The number of nitrogens with one attached hydrogen (secondary N) is 1. The monoisotopic (exact) mass is 566 g/mol. The lowest BCUT2D eigenvalue weighted by Gasteiger charge is -2.32. The average Bonchev–Trinajstić information content (AvgIpc) is 3.35. The van der Waals surface area contributed by atoms with Crippen molar-refractivity contribution >= 4 is 56.3 Å². The molecular formula is C23H20Cl3F3N2O3S. The fourth-order valence-electron chi connectivity index (χ4n) is 4.62. The summed E-state index contributed by atoms with van der Waals surface area (Å²) in [4.78, 5) is 16.3. The van der Waals surface area contributed by atoms with Gasteiger partial charge < -0.3 is 5.32 Å². The Balaban J connectivity index is 1.59. The average molecular weight is 568 g/mol. The Labute approximate surface area is 215 Å². The lowest BCUT2D eigenvalue weighted by molar-refractivity contribution is -0.183. The lowest BCUT2D eigenvalue weighted by atomic mass is 9.76. The minimum Gasteiger partial charge on any atom is -0.348 e. The molecular weight excluding hydrogens is 548 g/mol. The van der Waals surface area contributed by atoms with Crippen molar-refractivity contribution in [2.45, 2.75) is 36.9 Å². The van der Waals surface area contributed by atoms with Gasteiger partial charge in [0.05, 0.1) is 27.7 Å². The zero-order chi connectivity index (χ0) is 25.8. The van der Waals surface area contributed by atoms with Gasteiger partial charge in [0.2, 0.25) is 5.91 Å². The summed E-state index contributed by atoms with van der Waals surface area (Å²) < 4.78 is 65.9. The van der Waals surface area contributed by atoms with Crippen molar-refractivity contribution in [1.29, 1.82) is 0 Å². The second kappa shape index (κ2) is 9.25. The molecule has 188 valence electrons. The first kappa shape index (κ1) is 26.3. The van der Waals surface area contributed by atoms with Crippen LogP contribution in [0, 0.1) is 0 Å². The molecule has 35 heavy (non-hydrogen) atoms. The van der Waals surface area contributed by atoms with E-state index in [0.29, 0.717) is 24.1 Å². The number of hydrogen-bond acceptors (Lipinski definition) is 4. The van der Waals surface area contributed by atoms with Crippen molar-refractivity contribution < 1.29 is 26.4 Å². The van der Waals surface area contributed by atoms with Crippen molar-refractivity contribution in [3.8, 4) is 0 Å². The largest absolute Gasteiger partial charge is 0.400 e. The molecule has 2 unspecified atom stereocenters. The van der Waals surface area contributed by atoms with Crippen LogP contribution in [0.1, 0.15) is 41.1 Å². The zero-order valence-electron chi connectivity index (χ0n) is 18.3. The summed E-state index contributed by atoms with van der Waals surface area (Å²) in [7, 11) is -3.46. The first-order valence-electron chi connectivity index (χ1n) is 10.6. The Bertz CT molecular complexity index is 1320. The number of fused-ring (bicyclic) bond motifs is 1. The van der Waals surface area contributed by atoms with Crippen molar-refractivity contribution in [3.05, 3.63) is 67.7 Å². The highest BCUT2D eigenvalue weighted by atomic mass is 35.5. The molecule has 0 aromatic heterocycles. The van der Waals surface area contributed by atoms with E-state index in [2.05, 4.69) is 10.3 Å². The van der Waals surface area contributed by atoms with Crippen LogP contribution < -0.4 is 5.32 Å². The van der Waals surface area contributed by atoms with Gasteiger partial charge in [-0.15, -0.1) is 0 Å². The van der Waals surface area contributed by atoms with E-state index in [4.69, 9.17) is 34.8 Å². The first-order chi connectivity index (χ1) is 16.2. The van der Waals surface area contributed by atoms with Crippen LogP contribution >= 0.6 is 34.8 Å². The molecule has 0 saturated carbocycles. The smallest absolute Gasteiger partial charge is 0.348 e. The van der Waals surface area contributed by atoms with Crippen molar-refractivity contribution in [2.75, 3.05) is 18.6 Å². The second-order valence-electron chi connectivity index (χ2n) is 8.92. The second-order valence-corrected chi connectivity index (χ2v) is 12.2. The molecule has 1 aliphatic carbocycles. The van der Waals surface area contributed by atoms with Crippen LogP contribution in [0.5, 0.6) is 0 Å². The van der Waals surface area contributed by atoms with Crippen LogP contribution in [0.15, 0.2) is 35.3 Å². The van der Waals surface area contributed by atoms with Crippen LogP contribution in [-0.4, -0.2) is 44.8 Å². The highest BCUT2D eigenvalue weighted by molar-refractivity contribution is 7.91. The minimum atomic E-state index is -4.62. The summed E-state index contributed by atoms with van der Waals surface area (Å²) in [6, 6.07) is 7.22. The molecule has 2 aromatic rings.